The van der Waals surface area contributed by atoms with Gasteiger partial charge in [0.05, 0.1) is 5.69 Å². The molecule has 0 amide bonds. The van der Waals surface area contributed by atoms with Gasteiger partial charge in [0.15, 0.2) is 5.78 Å². The molecule has 3 aliphatic rings. The predicted molar refractivity (Wildman–Crippen MR) is 92.2 cm³/mol. The van der Waals surface area contributed by atoms with Crippen LogP contribution in [0.3, 0.4) is 0 Å². The molecule has 1 saturated heterocycles. The van der Waals surface area contributed by atoms with Crippen molar-refractivity contribution in [3.63, 3.8) is 0 Å². The summed E-state index contributed by atoms with van der Waals surface area (Å²) in [6, 6.07) is 7.03. The van der Waals surface area contributed by atoms with Crippen molar-refractivity contribution in [2.75, 3.05) is 0 Å². The molecule has 0 aromatic carbocycles. The quantitative estimate of drug-likeness (QED) is 0.808. The number of carbonyl (C=O) groups excluding carboxylic acids is 1. The number of aromatic nitrogens is 1. The minimum absolute atomic E-state index is 0.0940. The molecule has 1 N–H and O–H groups in total. The summed E-state index contributed by atoms with van der Waals surface area (Å²) in [7, 11) is 0. The molecule has 122 valence electrons. The summed E-state index contributed by atoms with van der Waals surface area (Å²) in [5, 5.41) is 3.61. The molecule has 3 atom stereocenters. The lowest BCUT2D eigenvalue weighted by atomic mass is 9.95. The minimum atomic E-state index is 0.0940. The zero-order valence-corrected chi connectivity index (χ0v) is 13.9. The van der Waals surface area contributed by atoms with Crippen LogP contribution < -0.4 is 5.32 Å². The van der Waals surface area contributed by atoms with Gasteiger partial charge in [0.25, 0.3) is 0 Å². The number of pyridine rings is 1. The van der Waals surface area contributed by atoms with E-state index >= 15 is 0 Å². The van der Waals surface area contributed by atoms with E-state index in [9.17, 15) is 4.79 Å². The first kappa shape index (κ1) is 15.1. The molecule has 2 bridgehead atoms. The molecule has 1 saturated carbocycles. The van der Waals surface area contributed by atoms with Gasteiger partial charge in [0, 0.05) is 18.0 Å². The van der Waals surface area contributed by atoms with Gasteiger partial charge < -0.3 is 5.32 Å². The number of carbonyl (C=O) groups is 1. The Hall–Kier alpha value is -1.48. The molecule has 0 radical (unpaired) electrons. The van der Waals surface area contributed by atoms with Gasteiger partial charge in [0.1, 0.15) is 5.69 Å². The second kappa shape index (κ2) is 6.20. The Balaban J connectivity index is 1.48. The highest BCUT2D eigenvalue weighted by molar-refractivity contribution is 5.96. The fourth-order valence-electron chi connectivity index (χ4n) is 3.94. The third-order valence-electron chi connectivity index (χ3n) is 5.63. The van der Waals surface area contributed by atoms with Crippen LogP contribution in [0.1, 0.15) is 68.1 Å². The fraction of sp³-hybridized carbons (Fsp3) is 0.600. The SMILES string of the molecule is C[C@@H](CCC1CC1)C(=O)c1cccc(C2=CC3CCC(C2)N3)n1. The maximum atomic E-state index is 12.7. The Morgan fingerprint density at radius 1 is 1.30 bits per heavy atom. The van der Waals surface area contributed by atoms with Crippen LogP contribution in [0, 0.1) is 11.8 Å². The Labute approximate surface area is 138 Å². The van der Waals surface area contributed by atoms with E-state index in [0.717, 1.165) is 24.5 Å². The van der Waals surface area contributed by atoms with Crippen LogP contribution in [0.15, 0.2) is 24.3 Å². The first-order chi connectivity index (χ1) is 11.2. The average Bonchev–Trinajstić information content (AvgIpc) is 3.36. The first-order valence-corrected chi connectivity index (χ1v) is 9.17. The summed E-state index contributed by atoms with van der Waals surface area (Å²) in [5.41, 5.74) is 2.97. The lowest BCUT2D eigenvalue weighted by Gasteiger charge is -2.21. The number of hydrogen-bond acceptors (Lipinski definition) is 3. The zero-order valence-electron chi connectivity index (χ0n) is 13.9. The Bertz CT molecular complexity index is 632. The molecule has 1 aliphatic carbocycles. The Morgan fingerprint density at radius 2 is 2.17 bits per heavy atom. The van der Waals surface area contributed by atoms with E-state index in [1.807, 2.05) is 12.1 Å². The number of hydrogen-bond donors (Lipinski definition) is 1. The number of fused-ring (bicyclic) bond motifs is 2. The fourth-order valence-corrected chi connectivity index (χ4v) is 3.94. The van der Waals surface area contributed by atoms with Crippen molar-refractivity contribution in [2.45, 2.75) is 64.0 Å². The van der Waals surface area contributed by atoms with Crippen LogP contribution >= 0.6 is 0 Å². The second-order valence-electron chi connectivity index (χ2n) is 7.64. The van der Waals surface area contributed by atoms with E-state index in [4.69, 9.17) is 4.98 Å². The zero-order chi connectivity index (χ0) is 15.8. The lowest BCUT2D eigenvalue weighted by molar-refractivity contribution is 0.0916. The minimum Gasteiger partial charge on any atom is -0.307 e. The number of ketones is 1. The number of nitrogens with one attached hydrogen (secondary N) is 1. The first-order valence-electron chi connectivity index (χ1n) is 9.17. The number of Topliss-reactive ketones (excluding diaryl/α,β-unsaturated/α-hetero) is 1. The molecular formula is C20H26N2O. The molecule has 3 nitrogen and oxygen atoms in total. The smallest absolute Gasteiger partial charge is 0.183 e. The van der Waals surface area contributed by atoms with Gasteiger partial charge >= 0.3 is 0 Å². The van der Waals surface area contributed by atoms with Crippen molar-refractivity contribution in [3.8, 4) is 0 Å². The summed E-state index contributed by atoms with van der Waals surface area (Å²) in [6.45, 7) is 2.06. The summed E-state index contributed by atoms with van der Waals surface area (Å²) >= 11 is 0. The molecule has 2 fully saturated rings. The number of rotatable bonds is 6. The van der Waals surface area contributed by atoms with Crippen molar-refractivity contribution in [2.24, 2.45) is 11.8 Å². The summed E-state index contributed by atoms with van der Waals surface area (Å²) in [6.07, 6.45) is 10.8. The van der Waals surface area contributed by atoms with Crippen molar-refractivity contribution >= 4 is 11.4 Å². The molecule has 1 aromatic rings. The Morgan fingerprint density at radius 3 is 2.96 bits per heavy atom. The van der Waals surface area contributed by atoms with Crippen molar-refractivity contribution in [1.82, 2.24) is 10.3 Å². The highest BCUT2D eigenvalue weighted by atomic mass is 16.1. The van der Waals surface area contributed by atoms with Gasteiger partial charge in [-0.1, -0.05) is 31.9 Å². The van der Waals surface area contributed by atoms with Gasteiger partial charge in [-0.3, -0.25) is 4.79 Å². The largest absolute Gasteiger partial charge is 0.307 e. The van der Waals surface area contributed by atoms with E-state index in [-0.39, 0.29) is 11.7 Å². The summed E-state index contributed by atoms with van der Waals surface area (Å²) in [4.78, 5) is 17.4. The lowest BCUT2D eigenvalue weighted by Crippen LogP contribution is -2.32. The van der Waals surface area contributed by atoms with E-state index in [1.165, 1.54) is 37.7 Å². The van der Waals surface area contributed by atoms with Gasteiger partial charge in [-0.15, -0.1) is 0 Å². The molecule has 3 heterocycles. The van der Waals surface area contributed by atoms with Crippen molar-refractivity contribution in [3.05, 3.63) is 35.7 Å². The topological polar surface area (TPSA) is 42.0 Å². The molecule has 2 unspecified atom stereocenters. The van der Waals surface area contributed by atoms with Gasteiger partial charge in [-0.05, 0) is 55.7 Å². The maximum absolute atomic E-state index is 12.7. The standard InChI is InChI=1S/C20H26N2O/c1-13(5-6-14-7-8-14)20(23)19-4-2-3-18(22-19)15-11-16-9-10-17(12-15)21-16/h2-4,11,13-14,16-17,21H,5-10,12H2,1H3/t13-,16?,17?/m0/s1. The van der Waals surface area contributed by atoms with Gasteiger partial charge in [-0.2, -0.15) is 0 Å². The van der Waals surface area contributed by atoms with Gasteiger partial charge in [-0.25, -0.2) is 4.98 Å². The van der Waals surface area contributed by atoms with E-state index in [0.29, 0.717) is 17.8 Å². The third kappa shape index (κ3) is 3.40. The molecule has 2 aliphatic heterocycles. The molecule has 23 heavy (non-hydrogen) atoms. The van der Waals surface area contributed by atoms with Crippen LogP contribution in [0.5, 0.6) is 0 Å². The van der Waals surface area contributed by atoms with E-state index < -0.39 is 0 Å². The van der Waals surface area contributed by atoms with E-state index in [1.54, 1.807) is 0 Å². The summed E-state index contributed by atoms with van der Waals surface area (Å²) in [5.74, 6) is 1.20. The predicted octanol–water partition coefficient (Wildman–Crippen LogP) is 4.00. The second-order valence-corrected chi connectivity index (χ2v) is 7.64. The van der Waals surface area contributed by atoms with Crippen LogP contribution in [-0.4, -0.2) is 22.9 Å². The van der Waals surface area contributed by atoms with Crippen LogP contribution in [0.2, 0.25) is 0 Å². The molecule has 0 spiro atoms. The molecular weight excluding hydrogens is 284 g/mol. The molecule has 3 heteroatoms. The third-order valence-corrected chi connectivity index (χ3v) is 5.63. The van der Waals surface area contributed by atoms with Crippen molar-refractivity contribution in [1.29, 1.82) is 0 Å². The highest BCUT2D eigenvalue weighted by Crippen LogP contribution is 2.35. The van der Waals surface area contributed by atoms with Crippen LogP contribution in [-0.2, 0) is 0 Å². The molecule has 4 rings (SSSR count). The monoisotopic (exact) mass is 310 g/mol. The van der Waals surface area contributed by atoms with Crippen molar-refractivity contribution < 1.29 is 4.79 Å². The number of nitrogens with zero attached hydrogens (tertiary/aromatic N) is 1. The van der Waals surface area contributed by atoms with Crippen LogP contribution in [0.4, 0.5) is 0 Å². The maximum Gasteiger partial charge on any atom is 0.183 e. The van der Waals surface area contributed by atoms with Crippen LogP contribution in [0.25, 0.3) is 5.57 Å². The summed E-state index contributed by atoms with van der Waals surface area (Å²) < 4.78 is 0. The average molecular weight is 310 g/mol. The molecule has 1 aromatic heterocycles. The van der Waals surface area contributed by atoms with Gasteiger partial charge in [0.2, 0.25) is 0 Å². The van der Waals surface area contributed by atoms with E-state index in [2.05, 4.69) is 24.4 Å². The highest BCUT2D eigenvalue weighted by Gasteiger charge is 2.29. The normalized spacial score (nSPS) is 27.6. The Kier molecular flexibility index (Phi) is 4.06.